The fraction of sp³-hybridized carbons (Fsp3) is 0.150. The average Bonchev–Trinajstić information content (AvgIpc) is 3.26. The van der Waals surface area contributed by atoms with E-state index in [1.807, 2.05) is 24.3 Å². The number of rotatable bonds is 4. The van der Waals surface area contributed by atoms with Crippen molar-refractivity contribution in [2.75, 3.05) is 4.90 Å². The van der Waals surface area contributed by atoms with E-state index in [4.69, 9.17) is 16.6 Å². The summed E-state index contributed by atoms with van der Waals surface area (Å²) in [6.45, 7) is 4.48. The zero-order valence-corrected chi connectivity index (χ0v) is 17.2. The van der Waals surface area contributed by atoms with Crippen LogP contribution in [0.4, 0.5) is 5.13 Å². The Balaban J connectivity index is 1.79. The van der Waals surface area contributed by atoms with E-state index in [1.54, 1.807) is 23.2 Å². The highest BCUT2D eigenvalue weighted by Gasteiger charge is 2.24. The summed E-state index contributed by atoms with van der Waals surface area (Å²) >= 11 is 8.84. The van der Waals surface area contributed by atoms with Crippen molar-refractivity contribution in [1.82, 2.24) is 9.97 Å². The van der Waals surface area contributed by atoms with E-state index in [2.05, 4.69) is 24.9 Å². The van der Waals surface area contributed by atoms with E-state index >= 15 is 0 Å². The number of aromatic nitrogens is 2. The third-order valence-corrected chi connectivity index (χ3v) is 6.56. The van der Waals surface area contributed by atoms with E-state index < -0.39 is 0 Å². The van der Waals surface area contributed by atoms with E-state index in [0.717, 1.165) is 27.0 Å². The van der Waals surface area contributed by atoms with Gasteiger partial charge in [-0.25, -0.2) is 4.98 Å². The molecule has 1 amide bonds. The van der Waals surface area contributed by atoms with Gasteiger partial charge < -0.3 is 0 Å². The first-order valence-electron chi connectivity index (χ1n) is 8.36. The normalized spacial score (nSPS) is 11.1. The van der Waals surface area contributed by atoms with Gasteiger partial charge in [-0.15, -0.1) is 11.3 Å². The predicted molar refractivity (Wildman–Crippen MR) is 113 cm³/mol. The van der Waals surface area contributed by atoms with Crippen LogP contribution >= 0.6 is 34.3 Å². The number of hydrogen-bond donors (Lipinski definition) is 0. The number of carbonyl (C=O) groups is 1. The molecular weight excluding hydrogens is 398 g/mol. The third kappa shape index (κ3) is 3.74. The summed E-state index contributed by atoms with van der Waals surface area (Å²) in [6, 6.07) is 13.4. The Labute approximate surface area is 170 Å². The SMILES string of the molecule is Cc1cc(C)c2sc(N(Cc3ccccn3)C(=O)c3ccc(Cl)s3)nc2c1. The first-order valence-corrected chi connectivity index (χ1v) is 10.4. The number of amides is 1. The Bertz CT molecular complexity index is 1120. The van der Waals surface area contributed by atoms with Crippen molar-refractivity contribution in [2.24, 2.45) is 0 Å². The number of hydrogen-bond acceptors (Lipinski definition) is 5. The lowest BCUT2D eigenvalue weighted by atomic mass is 10.1. The van der Waals surface area contributed by atoms with Crippen molar-refractivity contribution in [1.29, 1.82) is 0 Å². The molecule has 0 aliphatic rings. The standard InChI is InChI=1S/C20H16ClN3OS2/c1-12-9-13(2)18-15(10-12)23-20(27-18)24(11-14-5-3-4-8-22-14)19(25)16-6-7-17(21)26-16/h3-10H,11H2,1-2H3. The lowest BCUT2D eigenvalue weighted by Crippen LogP contribution is -2.30. The van der Waals surface area contributed by atoms with Gasteiger partial charge in [0.15, 0.2) is 5.13 Å². The molecule has 0 radical (unpaired) electrons. The predicted octanol–water partition coefficient (Wildman–Crippen LogP) is 5.87. The van der Waals surface area contributed by atoms with Crippen molar-refractivity contribution in [2.45, 2.75) is 20.4 Å². The van der Waals surface area contributed by atoms with Crippen LogP contribution in [0.2, 0.25) is 4.34 Å². The van der Waals surface area contributed by atoms with Gasteiger partial charge in [-0.05, 0) is 55.3 Å². The summed E-state index contributed by atoms with van der Waals surface area (Å²) < 4.78 is 1.69. The van der Waals surface area contributed by atoms with Crippen LogP contribution in [0.1, 0.15) is 26.5 Å². The average molecular weight is 414 g/mol. The minimum atomic E-state index is -0.119. The number of anilines is 1. The van der Waals surface area contributed by atoms with Gasteiger partial charge in [-0.1, -0.05) is 35.1 Å². The molecule has 1 aromatic carbocycles. The zero-order valence-electron chi connectivity index (χ0n) is 14.8. The number of thiophene rings is 1. The zero-order chi connectivity index (χ0) is 19.0. The molecular formula is C20H16ClN3OS2. The summed E-state index contributed by atoms with van der Waals surface area (Å²) in [5.41, 5.74) is 4.04. The van der Waals surface area contributed by atoms with E-state index in [9.17, 15) is 4.79 Å². The number of aryl methyl sites for hydroxylation is 2. The van der Waals surface area contributed by atoms with Crippen molar-refractivity contribution >= 4 is 55.5 Å². The number of nitrogens with zero attached hydrogens (tertiary/aromatic N) is 3. The van der Waals surface area contributed by atoms with Crippen LogP contribution in [0.15, 0.2) is 48.7 Å². The number of halogens is 1. The molecule has 0 fully saturated rings. The second-order valence-corrected chi connectivity index (χ2v) is 8.94. The van der Waals surface area contributed by atoms with Crippen LogP contribution in [0, 0.1) is 13.8 Å². The molecule has 7 heteroatoms. The van der Waals surface area contributed by atoms with Crippen molar-refractivity contribution in [3.05, 3.63) is 74.7 Å². The van der Waals surface area contributed by atoms with E-state index in [0.29, 0.717) is 20.9 Å². The Morgan fingerprint density at radius 1 is 1.15 bits per heavy atom. The molecule has 0 aliphatic carbocycles. The highest BCUT2D eigenvalue weighted by molar-refractivity contribution is 7.22. The second-order valence-electron chi connectivity index (χ2n) is 6.24. The topological polar surface area (TPSA) is 46.1 Å². The number of pyridine rings is 1. The van der Waals surface area contributed by atoms with Gasteiger partial charge in [-0.2, -0.15) is 0 Å². The van der Waals surface area contributed by atoms with Crippen LogP contribution in [0.25, 0.3) is 10.2 Å². The van der Waals surface area contributed by atoms with Gasteiger partial charge in [0.25, 0.3) is 5.91 Å². The molecule has 0 aliphatic heterocycles. The Morgan fingerprint density at radius 2 is 2.00 bits per heavy atom. The maximum absolute atomic E-state index is 13.2. The molecule has 0 atom stereocenters. The number of fused-ring (bicyclic) bond motifs is 1. The smallest absolute Gasteiger partial charge is 0.270 e. The van der Waals surface area contributed by atoms with Crippen LogP contribution in [0.3, 0.4) is 0 Å². The van der Waals surface area contributed by atoms with Crippen LogP contribution in [-0.4, -0.2) is 15.9 Å². The highest BCUT2D eigenvalue weighted by Crippen LogP contribution is 2.34. The first kappa shape index (κ1) is 18.1. The molecule has 0 unspecified atom stereocenters. The van der Waals surface area contributed by atoms with Gasteiger partial charge in [-0.3, -0.25) is 14.7 Å². The fourth-order valence-corrected chi connectivity index (χ4v) is 4.93. The summed E-state index contributed by atoms with van der Waals surface area (Å²) in [4.78, 5) is 24.6. The molecule has 4 nitrogen and oxygen atoms in total. The molecule has 0 bridgehead atoms. The molecule has 0 N–H and O–H groups in total. The Morgan fingerprint density at radius 3 is 2.70 bits per heavy atom. The van der Waals surface area contributed by atoms with Crippen molar-refractivity contribution in [3.8, 4) is 0 Å². The van der Waals surface area contributed by atoms with Crippen LogP contribution in [-0.2, 0) is 6.54 Å². The fourth-order valence-electron chi connectivity index (χ4n) is 2.92. The maximum atomic E-state index is 13.2. The molecule has 136 valence electrons. The third-order valence-electron chi connectivity index (χ3n) is 4.12. The van der Waals surface area contributed by atoms with Gasteiger partial charge in [0, 0.05) is 6.20 Å². The number of thiazole rings is 1. The Kier molecular flexibility index (Phi) is 4.95. The Hall–Kier alpha value is -2.28. The van der Waals surface area contributed by atoms with Gasteiger partial charge >= 0.3 is 0 Å². The van der Waals surface area contributed by atoms with Gasteiger partial charge in [0.1, 0.15) is 0 Å². The molecule has 3 aromatic heterocycles. The summed E-state index contributed by atoms with van der Waals surface area (Å²) in [6.07, 6.45) is 1.73. The minimum Gasteiger partial charge on any atom is -0.277 e. The van der Waals surface area contributed by atoms with E-state index in [-0.39, 0.29) is 5.91 Å². The molecule has 0 saturated carbocycles. The van der Waals surface area contributed by atoms with Crippen molar-refractivity contribution in [3.63, 3.8) is 0 Å². The summed E-state index contributed by atoms with van der Waals surface area (Å²) in [5, 5.41) is 0.666. The molecule has 0 spiro atoms. The van der Waals surface area contributed by atoms with Crippen molar-refractivity contribution < 1.29 is 4.79 Å². The summed E-state index contributed by atoms with van der Waals surface area (Å²) in [5.74, 6) is -0.119. The number of benzene rings is 1. The maximum Gasteiger partial charge on any atom is 0.270 e. The lowest BCUT2D eigenvalue weighted by molar-refractivity contribution is 0.0988. The minimum absolute atomic E-state index is 0.119. The summed E-state index contributed by atoms with van der Waals surface area (Å²) in [7, 11) is 0. The van der Waals surface area contributed by atoms with Crippen LogP contribution < -0.4 is 4.90 Å². The first-order chi connectivity index (χ1) is 13.0. The molecule has 3 heterocycles. The largest absolute Gasteiger partial charge is 0.277 e. The quantitative estimate of drug-likeness (QED) is 0.420. The molecule has 27 heavy (non-hydrogen) atoms. The van der Waals surface area contributed by atoms with Crippen LogP contribution in [0.5, 0.6) is 0 Å². The lowest BCUT2D eigenvalue weighted by Gasteiger charge is -2.18. The molecule has 4 rings (SSSR count). The molecule has 0 saturated heterocycles. The monoisotopic (exact) mass is 413 g/mol. The van der Waals surface area contributed by atoms with Gasteiger partial charge in [0.2, 0.25) is 0 Å². The number of carbonyl (C=O) groups excluding carboxylic acids is 1. The highest BCUT2D eigenvalue weighted by atomic mass is 35.5. The molecule has 4 aromatic rings. The second kappa shape index (κ2) is 7.38. The van der Waals surface area contributed by atoms with Gasteiger partial charge in [0.05, 0.1) is 31.7 Å². The van der Waals surface area contributed by atoms with E-state index in [1.165, 1.54) is 22.7 Å².